The molecule has 1 aliphatic rings. The van der Waals surface area contributed by atoms with E-state index in [0.29, 0.717) is 6.61 Å². The van der Waals surface area contributed by atoms with Gasteiger partial charge in [0.05, 0.1) is 13.2 Å². The van der Waals surface area contributed by atoms with Crippen LogP contribution in [0.3, 0.4) is 0 Å². The summed E-state index contributed by atoms with van der Waals surface area (Å²) in [7, 11) is 0. The Hall–Kier alpha value is -2.50. The third kappa shape index (κ3) is 4.62. The van der Waals surface area contributed by atoms with Crippen LogP contribution >= 0.6 is 0 Å². The Balaban J connectivity index is 1.82. The molecule has 0 radical (unpaired) electrons. The molecule has 4 nitrogen and oxygen atoms in total. The summed E-state index contributed by atoms with van der Waals surface area (Å²) < 4.78 is 18.8. The number of benzene rings is 3. The third-order valence-corrected chi connectivity index (χ3v) is 6.63. The minimum Gasteiger partial charge on any atom is -0.384 e. The average molecular weight is 447 g/mol. The highest BCUT2D eigenvalue weighted by molar-refractivity contribution is 5.47. The first-order chi connectivity index (χ1) is 15.8. The highest BCUT2D eigenvalue weighted by atomic mass is 16.7. The molecule has 2 atom stereocenters. The van der Waals surface area contributed by atoms with Crippen LogP contribution < -0.4 is 0 Å². The fourth-order valence-corrected chi connectivity index (χ4v) is 4.56. The van der Waals surface area contributed by atoms with E-state index >= 15 is 0 Å². The lowest BCUT2D eigenvalue weighted by Crippen LogP contribution is -2.54. The largest absolute Gasteiger partial charge is 0.384 e. The van der Waals surface area contributed by atoms with Gasteiger partial charge in [0.15, 0.2) is 5.79 Å². The van der Waals surface area contributed by atoms with Gasteiger partial charge in [0.25, 0.3) is 0 Å². The van der Waals surface area contributed by atoms with Crippen molar-refractivity contribution >= 4 is 0 Å². The topological polar surface area (TPSA) is 47.9 Å². The summed E-state index contributed by atoms with van der Waals surface area (Å²) in [6, 6.07) is 30.6. The Morgan fingerprint density at radius 2 is 1.27 bits per heavy atom. The maximum absolute atomic E-state index is 11.9. The van der Waals surface area contributed by atoms with Gasteiger partial charge in [-0.1, -0.05) is 105 Å². The zero-order valence-corrected chi connectivity index (χ0v) is 19.9. The lowest BCUT2D eigenvalue weighted by molar-refractivity contribution is -0.202. The van der Waals surface area contributed by atoms with Crippen LogP contribution in [-0.4, -0.2) is 35.8 Å². The number of aliphatic hydroxyl groups is 1. The van der Waals surface area contributed by atoms with Crippen molar-refractivity contribution in [1.82, 2.24) is 0 Å². The zero-order chi connectivity index (χ0) is 23.5. The minimum atomic E-state index is -1.24. The molecule has 1 aliphatic heterocycles. The van der Waals surface area contributed by atoms with Crippen molar-refractivity contribution in [3.8, 4) is 0 Å². The molecule has 0 aromatic heterocycles. The van der Waals surface area contributed by atoms with E-state index < -0.39 is 23.1 Å². The van der Waals surface area contributed by atoms with E-state index in [1.165, 1.54) is 0 Å². The lowest BCUT2D eigenvalue weighted by atomic mass is 9.79. The van der Waals surface area contributed by atoms with E-state index in [1.807, 2.05) is 82.3 Å². The van der Waals surface area contributed by atoms with Crippen LogP contribution in [0.1, 0.15) is 44.4 Å². The van der Waals surface area contributed by atoms with Gasteiger partial charge in [-0.3, -0.25) is 0 Å². The monoisotopic (exact) mass is 446 g/mol. The van der Waals surface area contributed by atoms with Crippen molar-refractivity contribution in [2.45, 2.75) is 50.8 Å². The van der Waals surface area contributed by atoms with E-state index in [9.17, 15) is 5.11 Å². The van der Waals surface area contributed by atoms with E-state index in [4.69, 9.17) is 14.2 Å². The molecule has 0 aliphatic carbocycles. The van der Waals surface area contributed by atoms with E-state index in [-0.39, 0.29) is 12.5 Å². The molecule has 1 fully saturated rings. The molecule has 0 unspecified atom stereocenters. The first kappa shape index (κ1) is 23.7. The Morgan fingerprint density at radius 1 is 0.848 bits per heavy atom. The second-order valence-corrected chi connectivity index (χ2v) is 9.53. The zero-order valence-electron chi connectivity index (χ0n) is 19.9. The quantitative estimate of drug-likeness (QED) is 0.462. The molecule has 0 spiro atoms. The highest BCUT2D eigenvalue weighted by Gasteiger charge is 2.50. The Morgan fingerprint density at radius 3 is 1.61 bits per heavy atom. The van der Waals surface area contributed by atoms with Gasteiger partial charge in [0.2, 0.25) is 0 Å². The van der Waals surface area contributed by atoms with Crippen LogP contribution in [0, 0.1) is 5.92 Å². The lowest BCUT2D eigenvalue weighted by Gasteiger charge is -2.42. The number of ether oxygens (including phenoxy) is 3. The SMILES string of the molecule is CC(C)[C@@](O)(COC(c1ccccc1)(c1ccccc1)c1ccccc1)[C@@H]1COC(C)(C)O1. The standard InChI is InChI=1S/C29H34O4/c1-22(2)28(30,26-20-31-27(3,4)33-26)21-32-29(23-14-8-5-9-15-23,24-16-10-6-11-17-24)25-18-12-7-13-19-25/h5-19,22,26,30H,20-21H2,1-4H3/t26-,28-/m0/s1. The molecular formula is C29H34O4. The molecule has 4 rings (SSSR count). The number of hydrogen-bond donors (Lipinski definition) is 1. The summed E-state index contributed by atoms with van der Waals surface area (Å²) in [4.78, 5) is 0. The van der Waals surface area contributed by atoms with Crippen LogP contribution in [0.5, 0.6) is 0 Å². The fraction of sp³-hybridized carbons (Fsp3) is 0.379. The van der Waals surface area contributed by atoms with Crippen LogP contribution in [0.2, 0.25) is 0 Å². The molecular weight excluding hydrogens is 412 g/mol. The van der Waals surface area contributed by atoms with Crippen molar-refractivity contribution in [2.75, 3.05) is 13.2 Å². The maximum Gasteiger partial charge on any atom is 0.163 e. The fourth-order valence-electron chi connectivity index (χ4n) is 4.56. The normalized spacial score (nSPS) is 20.0. The molecule has 3 aromatic rings. The Kier molecular flexibility index (Phi) is 6.73. The maximum atomic E-state index is 11.9. The summed E-state index contributed by atoms with van der Waals surface area (Å²) in [5.74, 6) is -0.844. The predicted molar refractivity (Wildman–Crippen MR) is 130 cm³/mol. The molecule has 1 heterocycles. The molecule has 0 bridgehead atoms. The first-order valence-electron chi connectivity index (χ1n) is 11.6. The van der Waals surface area contributed by atoms with Crippen molar-refractivity contribution in [2.24, 2.45) is 5.92 Å². The van der Waals surface area contributed by atoms with Gasteiger partial charge < -0.3 is 19.3 Å². The summed E-state index contributed by atoms with van der Waals surface area (Å²) in [6.07, 6.45) is -0.493. The van der Waals surface area contributed by atoms with Gasteiger partial charge in [-0.05, 0) is 36.5 Å². The Labute approximate surface area is 197 Å². The predicted octanol–water partition coefficient (Wildman–Crippen LogP) is 5.53. The van der Waals surface area contributed by atoms with E-state index in [1.54, 1.807) is 0 Å². The number of hydrogen-bond acceptors (Lipinski definition) is 4. The van der Waals surface area contributed by atoms with Crippen LogP contribution in [0.4, 0.5) is 0 Å². The van der Waals surface area contributed by atoms with Crippen LogP contribution in [0.25, 0.3) is 0 Å². The van der Waals surface area contributed by atoms with Crippen LogP contribution in [-0.2, 0) is 19.8 Å². The highest BCUT2D eigenvalue weighted by Crippen LogP contribution is 2.43. The average Bonchev–Trinajstić information content (AvgIpc) is 3.21. The molecule has 174 valence electrons. The first-order valence-corrected chi connectivity index (χ1v) is 11.6. The summed E-state index contributed by atoms with van der Waals surface area (Å²) in [6.45, 7) is 8.13. The second-order valence-electron chi connectivity index (χ2n) is 9.53. The van der Waals surface area contributed by atoms with Crippen LogP contribution in [0.15, 0.2) is 91.0 Å². The van der Waals surface area contributed by atoms with E-state index in [2.05, 4.69) is 36.4 Å². The summed E-state index contributed by atoms with van der Waals surface area (Å²) in [5.41, 5.74) is 0.853. The van der Waals surface area contributed by atoms with Gasteiger partial charge in [0, 0.05) is 0 Å². The van der Waals surface area contributed by atoms with Crippen molar-refractivity contribution in [1.29, 1.82) is 0 Å². The van der Waals surface area contributed by atoms with Gasteiger partial charge >= 0.3 is 0 Å². The summed E-state index contributed by atoms with van der Waals surface area (Å²) >= 11 is 0. The van der Waals surface area contributed by atoms with Gasteiger partial charge in [-0.25, -0.2) is 0 Å². The van der Waals surface area contributed by atoms with Crippen molar-refractivity contribution < 1.29 is 19.3 Å². The molecule has 3 aromatic carbocycles. The number of rotatable bonds is 8. The molecule has 1 saturated heterocycles. The van der Waals surface area contributed by atoms with Crippen molar-refractivity contribution in [3.05, 3.63) is 108 Å². The Bertz CT molecular complexity index is 921. The second kappa shape index (κ2) is 9.40. The molecule has 0 amide bonds. The molecule has 1 N–H and O–H groups in total. The smallest absolute Gasteiger partial charge is 0.163 e. The van der Waals surface area contributed by atoms with Gasteiger partial charge in [0.1, 0.15) is 17.3 Å². The summed E-state index contributed by atoms with van der Waals surface area (Å²) in [5, 5.41) is 11.9. The van der Waals surface area contributed by atoms with E-state index in [0.717, 1.165) is 16.7 Å². The third-order valence-electron chi connectivity index (χ3n) is 6.63. The molecule has 33 heavy (non-hydrogen) atoms. The molecule has 4 heteroatoms. The van der Waals surface area contributed by atoms with Crippen molar-refractivity contribution in [3.63, 3.8) is 0 Å². The van der Waals surface area contributed by atoms with Gasteiger partial charge in [-0.15, -0.1) is 0 Å². The molecule has 0 saturated carbocycles. The minimum absolute atomic E-state index is 0.0768. The van der Waals surface area contributed by atoms with Gasteiger partial charge in [-0.2, -0.15) is 0 Å².